The molecule has 0 radical (unpaired) electrons. The molecular weight excluding hydrogens is 546 g/mol. The number of carbonyl (C=O) groups excluding carboxylic acids is 4. The van der Waals surface area contributed by atoms with Gasteiger partial charge in [-0.2, -0.15) is 0 Å². The summed E-state index contributed by atoms with van der Waals surface area (Å²) in [5, 5.41) is 20.5. The number of aliphatic hydroxyl groups is 1. The number of rotatable bonds is 12. The largest absolute Gasteiger partial charge is 0.390 e. The second-order valence-electron chi connectivity index (χ2n) is 11.8. The zero-order valence-electron chi connectivity index (χ0n) is 25.5. The lowest BCUT2D eigenvalue weighted by Crippen LogP contribution is -2.53. The van der Waals surface area contributed by atoms with E-state index in [-0.39, 0.29) is 35.9 Å². The molecule has 0 aromatic heterocycles. The highest BCUT2D eigenvalue weighted by atomic mass is 16.3. The SMILES string of the molecule is CC(=O)N(C)c1cc(C(=O)NC(Cc2ccccc2)[C@H](O)CN[C@@H](C)C(=O)NC2CCCCC2)cc(N2CCCC2=O)c1. The van der Waals surface area contributed by atoms with Crippen LogP contribution < -0.4 is 25.8 Å². The van der Waals surface area contributed by atoms with Crippen molar-refractivity contribution in [1.82, 2.24) is 16.0 Å². The minimum absolute atomic E-state index is 0.0286. The summed E-state index contributed by atoms with van der Waals surface area (Å²) in [5.41, 5.74) is 2.26. The van der Waals surface area contributed by atoms with Crippen LogP contribution in [0.1, 0.15) is 74.7 Å². The Balaban J connectivity index is 1.50. The maximum absolute atomic E-state index is 13.7. The topological polar surface area (TPSA) is 131 Å². The van der Waals surface area contributed by atoms with E-state index in [2.05, 4.69) is 16.0 Å². The fourth-order valence-electron chi connectivity index (χ4n) is 5.69. The van der Waals surface area contributed by atoms with Gasteiger partial charge in [-0.15, -0.1) is 0 Å². The van der Waals surface area contributed by atoms with Crippen LogP contribution in [0.2, 0.25) is 0 Å². The number of aliphatic hydroxyl groups excluding tert-OH is 1. The minimum atomic E-state index is -1.00. The number of anilines is 2. The molecule has 0 spiro atoms. The van der Waals surface area contributed by atoms with Gasteiger partial charge >= 0.3 is 0 Å². The van der Waals surface area contributed by atoms with Gasteiger partial charge in [0.1, 0.15) is 0 Å². The number of benzene rings is 2. The third kappa shape index (κ3) is 8.87. The summed E-state index contributed by atoms with van der Waals surface area (Å²) in [6, 6.07) is 13.6. The van der Waals surface area contributed by atoms with Crippen LogP contribution in [0.5, 0.6) is 0 Å². The maximum atomic E-state index is 13.7. The molecule has 2 aromatic rings. The van der Waals surface area contributed by atoms with Crippen molar-refractivity contribution < 1.29 is 24.3 Å². The van der Waals surface area contributed by atoms with E-state index >= 15 is 0 Å². The van der Waals surface area contributed by atoms with E-state index in [9.17, 15) is 24.3 Å². The van der Waals surface area contributed by atoms with Gasteiger partial charge in [0, 0.05) is 56.5 Å². The van der Waals surface area contributed by atoms with Crippen LogP contribution in [0.25, 0.3) is 0 Å². The van der Waals surface area contributed by atoms with Gasteiger partial charge in [0.2, 0.25) is 17.7 Å². The number of hydrogen-bond donors (Lipinski definition) is 4. The Morgan fingerprint density at radius 2 is 1.77 bits per heavy atom. The number of hydrogen-bond acceptors (Lipinski definition) is 6. The molecule has 1 saturated carbocycles. The standard InChI is InChI=1S/C33H45N5O5/c1-22(32(42)35-26-13-8-5-9-14-26)34-21-30(40)29(17-24-11-6-4-7-12-24)36-33(43)25-18-27(37(3)23(2)39)20-28(19-25)38-16-10-15-31(38)41/h4,6-7,11-12,18-20,22,26,29-30,34,40H,5,8-10,13-17,21H2,1-3H3,(H,35,42)(H,36,43)/t22-,29?,30+/m0/s1. The van der Waals surface area contributed by atoms with Gasteiger partial charge in [-0.05, 0) is 56.4 Å². The smallest absolute Gasteiger partial charge is 0.251 e. The van der Waals surface area contributed by atoms with Crippen molar-refractivity contribution in [3.8, 4) is 0 Å². The zero-order valence-corrected chi connectivity index (χ0v) is 25.5. The van der Waals surface area contributed by atoms with Gasteiger partial charge in [-0.1, -0.05) is 49.6 Å². The minimum Gasteiger partial charge on any atom is -0.390 e. The molecule has 4 amide bonds. The van der Waals surface area contributed by atoms with E-state index < -0.39 is 24.1 Å². The Labute approximate surface area is 254 Å². The van der Waals surface area contributed by atoms with Crippen LogP contribution in [-0.2, 0) is 20.8 Å². The third-order valence-corrected chi connectivity index (χ3v) is 8.47. The fraction of sp³-hybridized carbons (Fsp3) is 0.515. The molecule has 43 heavy (non-hydrogen) atoms. The predicted molar refractivity (Wildman–Crippen MR) is 167 cm³/mol. The number of nitrogens with one attached hydrogen (secondary N) is 3. The first kappa shape index (κ1) is 32.2. The molecule has 1 saturated heterocycles. The normalized spacial score (nSPS) is 17.7. The first-order valence-corrected chi connectivity index (χ1v) is 15.4. The Bertz CT molecular complexity index is 1280. The summed E-state index contributed by atoms with van der Waals surface area (Å²) < 4.78 is 0. The monoisotopic (exact) mass is 591 g/mol. The molecule has 2 aliphatic rings. The molecule has 2 fully saturated rings. The lowest BCUT2D eigenvalue weighted by atomic mass is 9.95. The highest BCUT2D eigenvalue weighted by Crippen LogP contribution is 2.28. The Hall–Kier alpha value is -3.76. The van der Waals surface area contributed by atoms with Crippen molar-refractivity contribution in [3.05, 3.63) is 59.7 Å². The molecule has 4 rings (SSSR count). The van der Waals surface area contributed by atoms with Crippen LogP contribution in [0.4, 0.5) is 11.4 Å². The molecule has 4 N–H and O–H groups in total. The van der Waals surface area contributed by atoms with Crippen LogP contribution in [-0.4, -0.2) is 73.1 Å². The Morgan fingerprint density at radius 3 is 2.42 bits per heavy atom. The van der Waals surface area contributed by atoms with Gasteiger partial charge in [0.05, 0.1) is 18.2 Å². The highest BCUT2D eigenvalue weighted by Gasteiger charge is 2.27. The molecule has 0 bridgehead atoms. The summed E-state index contributed by atoms with van der Waals surface area (Å²) in [4.78, 5) is 54.2. The molecule has 1 heterocycles. The summed E-state index contributed by atoms with van der Waals surface area (Å²) in [7, 11) is 1.62. The van der Waals surface area contributed by atoms with Crippen molar-refractivity contribution in [2.24, 2.45) is 0 Å². The molecule has 2 aromatic carbocycles. The van der Waals surface area contributed by atoms with Gasteiger partial charge in [-0.3, -0.25) is 19.2 Å². The second-order valence-corrected chi connectivity index (χ2v) is 11.8. The van der Waals surface area contributed by atoms with E-state index in [1.165, 1.54) is 18.2 Å². The molecule has 3 atom stereocenters. The molecule has 10 nitrogen and oxygen atoms in total. The summed E-state index contributed by atoms with van der Waals surface area (Å²) in [6.45, 7) is 3.84. The van der Waals surface area contributed by atoms with Crippen molar-refractivity contribution in [2.75, 3.05) is 29.9 Å². The van der Waals surface area contributed by atoms with Crippen molar-refractivity contribution in [3.63, 3.8) is 0 Å². The third-order valence-electron chi connectivity index (χ3n) is 8.47. The number of nitrogens with zero attached hydrogens (tertiary/aromatic N) is 2. The predicted octanol–water partition coefficient (Wildman–Crippen LogP) is 2.93. The van der Waals surface area contributed by atoms with Gasteiger partial charge in [0.15, 0.2) is 0 Å². The molecule has 1 aliphatic heterocycles. The molecule has 1 aliphatic carbocycles. The van der Waals surface area contributed by atoms with Gasteiger partial charge in [0.25, 0.3) is 5.91 Å². The van der Waals surface area contributed by atoms with Crippen LogP contribution >= 0.6 is 0 Å². The first-order chi connectivity index (χ1) is 20.6. The second kappa shape index (κ2) is 15.1. The molecular formula is C33H45N5O5. The van der Waals surface area contributed by atoms with E-state index in [0.717, 1.165) is 37.7 Å². The first-order valence-electron chi connectivity index (χ1n) is 15.4. The van der Waals surface area contributed by atoms with E-state index in [1.807, 2.05) is 30.3 Å². The average Bonchev–Trinajstić information content (AvgIpc) is 3.45. The highest BCUT2D eigenvalue weighted by molar-refractivity contribution is 6.02. The number of carbonyl (C=O) groups is 4. The van der Waals surface area contributed by atoms with Crippen molar-refractivity contribution >= 4 is 35.0 Å². The van der Waals surface area contributed by atoms with E-state index in [0.29, 0.717) is 30.8 Å². The van der Waals surface area contributed by atoms with Gasteiger partial charge < -0.3 is 30.9 Å². The van der Waals surface area contributed by atoms with Crippen LogP contribution in [0.3, 0.4) is 0 Å². The van der Waals surface area contributed by atoms with Crippen LogP contribution in [0.15, 0.2) is 48.5 Å². The fourth-order valence-corrected chi connectivity index (χ4v) is 5.69. The lowest BCUT2D eigenvalue weighted by molar-refractivity contribution is -0.124. The molecule has 232 valence electrons. The number of amides is 4. The Kier molecular flexibility index (Phi) is 11.3. The lowest BCUT2D eigenvalue weighted by Gasteiger charge is -2.28. The van der Waals surface area contributed by atoms with E-state index in [4.69, 9.17) is 0 Å². The molecule has 10 heteroatoms. The van der Waals surface area contributed by atoms with Crippen LogP contribution in [0, 0.1) is 0 Å². The van der Waals surface area contributed by atoms with Crippen molar-refractivity contribution in [2.45, 2.75) is 89.4 Å². The summed E-state index contributed by atoms with van der Waals surface area (Å²) in [5.74, 6) is -0.770. The average molecular weight is 592 g/mol. The van der Waals surface area contributed by atoms with Gasteiger partial charge in [-0.25, -0.2) is 0 Å². The van der Waals surface area contributed by atoms with Crippen molar-refractivity contribution in [1.29, 1.82) is 0 Å². The Morgan fingerprint density at radius 1 is 1.05 bits per heavy atom. The maximum Gasteiger partial charge on any atom is 0.251 e. The summed E-state index contributed by atoms with van der Waals surface area (Å²) >= 11 is 0. The van der Waals surface area contributed by atoms with E-state index in [1.54, 1.807) is 37.1 Å². The molecule has 1 unspecified atom stereocenters. The quantitative estimate of drug-likeness (QED) is 0.300. The summed E-state index contributed by atoms with van der Waals surface area (Å²) in [6.07, 6.45) is 5.95. The zero-order chi connectivity index (χ0) is 30.9.